The topological polar surface area (TPSA) is 83.5 Å². The van der Waals surface area contributed by atoms with Crippen molar-refractivity contribution in [3.05, 3.63) is 42.0 Å². The largest absolute Gasteiger partial charge is 0.481 e. The number of carboxylic acid groups (broad SMARTS) is 1. The maximum Gasteiger partial charge on any atom is 0.307 e. The van der Waals surface area contributed by atoms with Gasteiger partial charge >= 0.3 is 5.97 Å². The number of ketones is 1. The average Bonchev–Trinajstić information content (AvgIpc) is 3.21. The number of amides is 1. The van der Waals surface area contributed by atoms with Crippen molar-refractivity contribution < 1.29 is 19.5 Å². The van der Waals surface area contributed by atoms with E-state index >= 15 is 0 Å². The van der Waals surface area contributed by atoms with Gasteiger partial charge in [0.05, 0.1) is 11.8 Å². The minimum Gasteiger partial charge on any atom is -0.481 e. The van der Waals surface area contributed by atoms with Gasteiger partial charge in [-0.1, -0.05) is 12.2 Å². The van der Waals surface area contributed by atoms with Crippen molar-refractivity contribution in [2.24, 2.45) is 29.1 Å². The van der Waals surface area contributed by atoms with Gasteiger partial charge < -0.3 is 10.4 Å². The SMILES string of the molecule is CC(=O)c1ccc(NC(=O)[C@H]2[C@@H](C(=O)O)[C@H]3C=C[C@H]2C32CC2)cc1. The number of anilines is 1. The van der Waals surface area contributed by atoms with E-state index in [1.54, 1.807) is 24.3 Å². The number of nitrogens with one attached hydrogen (secondary N) is 1. The second-order valence-electron chi connectivity index (χ2n) is 7.18. The molecule has 24 heavy (non-hydrogen) atoms. The Hall–Kier alpha value is -2.43. The van der Waals surface area contributed by atoms with Crippen LogP contribution in [0, 0.1) is 29.1 Å². The molecular weight excluding hydrogens is 306 g/mol. The molecule has 0 aliphatic heterocycles. The minimum absolute atomic E-state index is 0.0174. The molecule has 3 aliphatic carbocycles. The molecule has 5 nitrogen and oxygen atoms in total. The molecule has 124 valence electrons. The molecule has 0 heterocycles. The fourth-order valence-corrected chi connectivity index (χ4v) is 4.70. The number of hydrogen-bond acceptors (Lipinski definition) is 3. The van der Waals surface area contributed by atoms with Crippen molar-refractivity contribution in [1.29, 1.82) is 0 Å². The summed E-state index contributed by atoms with van der Waals surface area (Å²) >= 11 is 0. The van der Waals surface area contributed by atoms with E-state index in [0.717, 1.165) is 12.8 Å². The van der Waals surface area contributed by atoms with Crippen molar-refractivity contribution in [2.75, 3.05) is 5.32 Å². The summed E-state index contributed by atoms with van der Waals surface area (Å²) in [6.07, 6.45) is 6.06. The Morgan fingerprint density at radius 3 is 2.12 bits per heavy atom. The summed E-state index contributed by atoms with van der Waals surface area (Å²) in [4.78, 5) is 35.8. The van der Waals surface area contributed by atoms with Crippen LogP contribution in [-0.4, -0.2) is 22.8 Å². The van der Waals surface area contributed by atoms with E-state index in [4.69, 9.17) is 0 Å². The molecule has 1 spiro atoms. The number of benzene rings is 1. The zero-order chi connectivity index (χ0) is 17.1. The first-order valence-corrected chi connectivity index (χ1v) is 8.27. The molecule has 3 aliphatic rings. The van der Waals surface area contributed by atoms with Gasteiger partial charge in [-0.05, 0) is 61.3 Å². The van der Waals surface area contributed by atoms with Crippen LogP contribution in [0.2, 0.25) is 0 Å². The lowest BCUT2D eigenvalue weighted by Gasteiger charge is -2.23. The van der Waals surface area contributed by atoms with Crippen molar-refractivity contribution in [1.82, 2.24) is 0 Å². The van der Waals surface area contributed by atoms with Crippen molar-refractivity contribution >= 4 is 23.3 Å². The van der Waals surface area contributed by atoms with Crippen LogP contribution < -0.4 is 5.32 Å². The van der Waals surface area contributed by atoms with Crippen LogP contribution >= 0.6 is 0 Å². The van der Waals surface area contributed by atoms with Gasteiger partial charge in [-0.2, -0.15) is 0 Å². The molecule has 0 radical (unpaired) electrons. The number of carbonyl (C=O) groups is 3. The third-order valence-electron chi connectivity index (χ3n) is 5.99. The molecule has 1 aromatic rings. The number of rotatable bonds is 4. The molecule has 5 heteroatoms. The zero-order valence-corrected chi connectivity index (χ0v) is 13.4. The fourth-order valence-electron chi connectivity index (χ4n) is 4.70. The summed E-state index contributed by atoms with van der Waals surface area (Å²) < 4.78 is 0. The quantitative estimate of drug-likeness (QED) is 0.658. The predicted octanol–water partition coefficient (Wildman–Crippen LogP) is 2.74. The van der Waals surface area contributed by atoms with Crippen LogP contribution in [0.15, 0.2) is 36.4 Å². The van der Waals surface area contributed by atoms with Crippen molar-refractivity contribution in [3.63, 3.8) is 0 Å². The fraction of sp³-hybridized carbons (Fsp3) is 0.421. The lowest BCUT2D eigenvalue weighted by molar-refractivity contribution is -0.146. The third-order valence-corrected chi connectivity index (χ3v) is 5.99. The summed E-state index contributed by atoms with van der Waals surface area (Å²) in [5.41, 5.74) is 1.19. The number of carboxylic acids is 1. The smallest absolute Gasteiger partial charge is 0.307 e. The predicted molar refractivity (Wildman–Crippen MR) is 87.5 cm³/mol. The maximum absolute atomic E-state index is 12.8. The van der Waals surface area contributed by atoms with Gasteiger partial charge in [0.15, 0.2) is 5.78 Å². The van der Waals surface area contributed by atoms with Crippen LogP contribution in [0.5, 0.6) is 0 Å². The van der Waals surface area contributed by atoms with E-state index in [9.17, 15) is 19.5 Å². The lowest BCUT2D eigenvalue weighted by Crippen LogP contribution is -2.36. The van der Waals surface area contributed by atoms with Gasteiger partial charge in [0, 0.05) is 11.3 Å². The molecule has 2 N–H and O–H groups in total. The Bertz CT molecular complexity index is 760. The first-order valence-electron chi connectivity index (χ1n) is 8.27. The highest BCUT2D eigenvalue weighted by Gasteiger charge is 2.70. The Morgan fingerprint density at radius 1 is 1.04 bits per heavy atom. The minimum atomic E-state index is -0.884. The summed E-state index contributed by atoms with van der Waals surface area (Å²) in [6.45, 7) is 1.49. The summed E-state index contributed by atoms with van der Waals surface area (Å²) in [5.74, 6) is -2.30. The normalized spacial score (nSPS) is 31.2. The Morgan fingerprint density at radius 2 is 1.62 bits per heavy atom. The molecule has 0 saturated heterocycles. The molecule has 4 rings (SSSR count). The number of hydrogen-bond donors (Lipinski definition) is 2. The molecule has 2 bridgehead atoms. The van der Waals surface area contributed by atoms with Gasteiger partial charge in [-0.3, -0.25) is 14.4 Å². The molecule has 1 aromatic carbocycles. The van der Waals surface area contributed by atoms with Gasteiger partial charge in [0.1, 0.15) is 0 Å². The maximum atomic E-state index is 12.8. The van der Waals surface area contributed by atoms with Gasteiger partial charge in [-0.15, -0.1) is 0 Å². The summed E-state index contributed by atoms with van der Waals surface area (Å²) in [5, 5.41) is 12.5. The van der Waals surface area contributed by atoms with Crippen LogP contribution in [0.4, 0.5) is 5.69 Å². The number of carbonyl (C=O) groups excluding carboxylic acids is 2. The van der Waals surface area contributed by atoms with Crippen LogP contribution in [0.1, 0.15) is 30.1 Å². The highest BCUT2D eigenvalue weighted by atomic mass is 16.4. The van der Waals surface area contributed by atoms with Gasteiger partial charge in [0.25, 0.3) is 0 Å². The number of aliphatic carboxylic acids is 1. The second kappa shape index (κ2) is 5.03. The standard InChI is InChI=1S/C19H19NO4/c1-10(21)11-2-4-12(5-3-11)20-17(22)15-13-6-7-14(16(15)18(23)24)19(13)8-9-19/h2-7,13-16H,8-9H2,1H3,(H,20,22)(H,23,24)/t13-,14-,15-,16+/m1/s1. The highest BCUT2D eigenvalue weighted by molar-refractivity contribution is 5.98. The monoisotopic (exact) mass is 325 g/mol. The van der Waals surface area contributed by atoms with E-state index in [1.807, 2.05) is 12.2 Å². The second-order valence-corrected chi connectivity index (χ2v) is 7.18. The summed E-state index contributed by atoms with van der Waals surface area (Å²) in [6, 6.07) is 6.69. The molecule has 2 saturated carbocycles. The molecule has 4 atom stereocenters. The Kier molecular flexibility index (Phi) is 3.17. The van der Waals surface area contributed by atoms with Crippen LogP contribution in [-0.2, 0) is 9.59 Å². The molecular formula is C19H19NO4. The van der Waals surface area contributed by atoms with Crippen molar-refractivity contribution in [3.8, 4) is 0 Å². The first-order chi connectivity index (χ1) is 11.4. The summed E-state index contributed by atoms with van der Waals surface area (Å²) in [7, 11) is 0. The van der Waals surface area contributed by atoms with Crippen molar-refractivity contribution in [2.45, 2.75) is 19.8 Å². The number of allylic oxidation sites excluding steroid dienone is 2. The van der Waals surface area contributed by atoms with E-state index in [0.29, 0.717) is 11.3 Å². The lowest BCUT2D eigenvalue weighted by atomic mass is 9.82. The molecule has 0 aromatic heterocycles. The average molecular weight is 325 g/mol. The highest BCUT2D eigenvalue weighted by Crippen LogP contribution is 2.72. The van der Waals surface area contributed by atoms with Gasteiger partial charge in [0.2, 0.25) is 5.91 Å². The third kappa shape index (κ3) is 2.04. The zero-order valence-electron chi connectivity index (χ0n) is 13.4. The van der Waals surface area contributed by atoms with E-state index in [1.165, 1.54) is 6.92 Å². The molecule has 2 fully saturated rings. The van der Waals surface area contributed by atoms with E-state index in [2.05, 4.69) is 5.32 Å². The van der Waals surface area contributed by atoms with E-state index in [-0.39, 0.29) is 28.9 Å². The van der Waals surface area contributed by atoms with Crippen LogP contribution in [0.25, 0.3) is 0 Å². The number of Topliss-reactive ketones (excluding diaryl/α,β-unsaturated/α-hetero) is 1. The van der Waals surface area contributed by atoms with Crippen LogP contribution in [0.3, 0.4) is 0 Å². The molecule has 1 amide bonds. The van der Waals surface area contributed by atoms with E-state index < -0.39 is 17.8 Å². The first kappa shape index (κ1) is 15.1. The Balaban J connectivity index is 1.56. The van der Waals surface area contributed by atoms with Gasteiger partial charge in [-0.25, -0.2) is 0 Å². The Labute approximate surface area is 139 Å². The molecule has 0 unspecified atom stereocenters.